The second-order valence-electron chi connectivity index (χ2n) is 8.87. The summed E-state index contributed by atoms with van der Waals surface area (Å²) in [5.41, 5.74) is 0.797. The molecule has 1 aromatic heterocycles. The van der Waals surface area contributed by atoms with Gasteiger partial charge in [-0.25, -0.2) is 0 Å². The Kier molecular flexibility index (Phi) is 6.80. The fourth-order valence-electron chi connectivity index (χ4n) is 5.22. The Hall–Kier alpha value is -2.29. The molecule has 2 fully saturated rings. The summed E-state index contributed by atoms with van der Waals surface area (Å²) in [6.07, 6.45) is 12.1. The molecule has 0 atom stereocenters. The number of aromatic nitrogens is 4. The van der Waals surface area contributed by atoms with Gasteiger partial charge in [0.05, 0.1) is 11.4 Å². The topological polar surface area (TPSA) is 82.4 Å². The summed E-state index contributed by atoms with van der Waals surface area (Å²) in [4.78, 5) is 15.7. The third kappa shape index (κ3) is 4.72. The molecule has 1 aromatic carbocycles. The van der Waals surface area contributed by atoms with Crippen molar-refractivity contribution in [2.75, 3.05) is 19.0 Å². The Labute approximate surface area is 193 Å². The van der Waals surface area contributed by atoms with E-state index in [9.17, 15) is 4.79 Å². The van der Waals surface area contributed by atoms with E-state index in [2.05, 4.69) is 20.4 Å². The standard InChI is InChI=1S/C23H31N5O3S/c29-22(27(17-7-3-1-4-8-17)18-9-5-2-6-10-18)16-32-23-24-25-26-28(23)19-11-12-20-21(15-19)31-14-13-30-20/h11-12,15,17-18H,1-10,13-14,16H2. The zero-order valence-corrected chi connectivity index (χ0v) is 19.3. The molecule has 1 aliphatic heterocycles. The number of tetrazole rings is 1. The van der Waals surface area contributed by atoms with Crippen LogP contribution >= 0.6 is 11.8 Å². The van der Waals surface area contributed by atoms with Crippen molar-refractivity contribution in [1.29, 1.82) is 0 Å². The molecule has 2 aliphatic carbocycles. The third-order valence-corrected chi connectivity index (χ3v) is 7.66. The predicted octanol–water partition coefficient (Wildman–Crippen LogP) is 4.02. The van der Waals surface area contributed by atoms with Crippen molar-refractivity contribution >= 4 is 17.7 Å². The summed E-state index contributed by atoms with van der Waals surface area (Å²) in [6.45, 7) is 1.08. The van der Waals surface area contributed by atoms with Crippen LogP contribution in [0.4, 0.5) is 0 Å². The van der Waals surface area contributed by atoms with E-state index >= 15 is 0 Å². The van der Waals surface area contributed by atoms with E-state index in [0.29, 0.717) is 42.0 Å². The van der Waals surface area contributed by atoms with E-state index in [0.717, 1.165) is 37.1 Å². The van der Waals surface area contributed by atoms with E-state index in [1.54, 1.807) is 4.68 Å². The summed E-state index contributed by atoms with van der Waals surface area (Å²) in [5, 5.41) is 12.8. The Balaban J connectivity index is 1.29. The predicted molar refractivity (Wildman–Crippen MR) is 121 cm³/mol. The average Bonchev–Trinajstić information content (AvgIpc) is 3.33. The molecule has 0 unspecified atom stereocenters. The molecular formula is C23H31N5O3S. The van der Waals surface area contributed by atoms with Gasteiger partial charge in [-0.1, -0.05) is 50.3 Å². The summed E-state index contributed by atoms with van der Waals surface area (Å²) < 4.78 is 13.0. The number of hydrogen-bond donors (Lipinski definition) is 0. The van der Waals surface area contributed by atoms with Gasteiger partial charge in [0, 0.05) is 18.2 Å². The average molecular weight is 458 g/mol. The SMILES string of the molecule is O=C(CSc1nnnn1-c1ccc2c(c1)OCCO2)N(C1CCCCC1)C1CCCCC1. The van der Waals surface area contributed by atoms with E-state index < -0.39 is 0 Å². The van der Waals surface area contributed by atoms with Crippen molar-refractivity contribution in [2.45, 2.75) is 81.4 Å². The first-order valence-electron chi connectivity index (χ1n) is 11.9. The minimum absolute atomic E-state index is 0.227. The van der Waals surface area contributed by atoms with Gasteiger partial charge in [-0.3, -0.25) is 4.79 Å². The lowest BCUT2D eigenvalue weighted by molar-refractivity contribution is -0.135. The Bertz CT molecular complexity index is 906. The maximum Gasteiger partial charge on any atom is 0.233 e. The van der Waals surface area contributed by atoms with Crippen LogP contribution < -0.4 is 9.47 Å². The van der Waals surface area contributed by atoms with Crippen LogP contribution in [0, 0.1) is 0 Å². The lowest BCUT2D eigenvalue weighted by atomic mass is 9.88. The van der Waals surface area contributed by atoms with Crippen molar-refractivity contribution in [3.63, 3.8) is 0 Å². The van der Waals surface area contributed by atoms with Gasteiger partial charge >= 0.3 is 0 Å². The number of carbonyl (C=O) groups is 1. The van der Waals surface area contributed by atoms with Crippen LogP contribution in [0.25, 0.3) is 5.69 Å². The van der Waals surface area contributed by atoms with Gasteiger partial charge in [0.15, 0.2) is 11.5 Å². The van der Waals surface area contributed by atoms with Gasteiger partial charge in [-0.2, -0.15) is 4.68 Å². The molecule has 1 amide bonds. The Morgan fingerprint density at radius 3 is 2.31 bits per heavy atom. The first-order valence-corrected chi connectivity index (χ1v) is 12.9. The molecule has 8 nitrogen and oxygen atoms in total. The quantitative estimate of drug-likeness (QED) is 0.606. The molecule has 0 N–H and O–H groups in total. The molecule has 2 aromatic rings. The maximum absolute atomic E-state index is 13.5. The van der Waals surface area contributed by atoms with Crippen molar-refractivity contribution in [3.8, 4) is 17.2 Å². The number of carbonyl (C=O) groups excluding carboxylic acids is 1. The highest BCUT2D eigenvalue weighted by molar-refractivity contribution is 7.99. The molecule has 5 rings (SSSR count). The van der Waals surface area contributed by atoms with E-state index in [-0.39, 0.29) is 5.91 Å². The van der Waals surface area contributed by atoms with E-state index in [1.807, 2.05) is 18.2 Å². The van der Waals surface area contributed by atoms with Gasteiger partial charge in [0.25, 0.3) is 0 Å². The molecule has 0 radical (unpaired) electrons. The van der Waals surface area contributed by atoms with Crippen molar-refractivity contribution in [1.82, 2.24) is 25.1 Å². The van der Waals surface area contributed by atoms with E-state index in [4.69, 9.17) is 9.47 Å². The summed E-state index contributed by atoms with van der Waals surface area (Å²) >= 11 is 1.41. The minimum atomic E-state index is 0.227. The molecule has 0 saturated heterocycles. The number of nitrogens with zero attached hydrogens (tertiary/aromatic N) is 5. The van der Waals surface area contributed by atoms with Crippen molar-refractivity contribution < 1.29 is 14.3 Å². The van der Waals surface area contributed by atoms with Crippen molar-refractivity contribution in [2.24, 2.45) is 0 Å². The zero-order chi connectivity index (χ0) is 21.8. The number of hydrogen-bond acceptors (Lipinski definition) is 7. The molecule has 3 aliphatic rings. The molecule has 0 bridgehead atoms. The molecule has 2 saturated carbocycles. The summed E-state index contributed by atoms with van der Waals surface area (Å²) in [5.74, 6) is 2.01. The van der Waals surface area contributed by atoms with Crippen LogP contribution in [0.15, 0.2) is 23.4 Å². The summed E-state index contributed by atoms with van der Waals surface area (Å²) in [7, 11) is 0. The van der Waals surface area contributed by atoms with Gasteiger partial charge in [-0.15, -0.1) is 5.10 Å². The Morgan fingerprint density at radius 2 is 1.62 bits per heavy atom. The van der Waals surface area contributed by atoms with Crippen LogP contribution in [0.2, 0.25) is 0 Å². The number of ether oxygens (including phenoxy) is 2. The van der Waals surface area contributed by atoms with Crippen LogP contribution in [0.3, 0.4) is 0 Å². The second-order valence-corrected chi connectivity index (χ2v) is 9.82. The van der Waals surface area contributed by atoms with E-state index in [1.165, 1.54) is 50.3 Å². The van der Waals surface area contributed by atoms with Gasteiger partial charge < -0.3 is 14.4 Å². The van der Waals surface area contributed by atoms with Gasteiger partial charge in [0.1, 0.15) is 13.2 Å². The molecule has 2 heterocycles. The lowest BCUT2D eigenvalue weighted by Crippen LogP contribution is -2.49. The van der Waals surface area contributed by atoms with Gasteiger partial charge in [-0.05, 0) is 48.2 Å². The maximum atomic E-state index is 13.5. The number of benzene rings is 1. The number of rotatable bonds is 6. The number of amides is 1. The van der Waals surface area contributed by atoms with Crippen molar-refractivity contribution in [3.05, 3.63) is 18.2 Å². The molecular weight excluding hydrogens is 426 g/mol. The fraction of sp³-hybridized carbons (Fsp3) is 0.652. The highest BCUT2D eigenvalue weighted by atomic mass is 32.2. The Morgan fingerprint density at radius 1 is 0.969 bits per heavy atom. The monoisotopic (exact) mass is 457 g/mol. The molecule has 172 valence electrons. The third-order valence-electron chi connectivity index (χ3n) is 6.76. The highest BCUT2D eigenvalue weighted by Crippen LogP contribution is 2.34. The summed E-state index contributed by atoms with van der Waals surface area (Å²) in [6, 6.07) is 6.46. The first kappa shape index (κ1) is 21.6. The second kappa shape index (κ2) is 10.1. The molecule has 0 spiro atoms. The van der Waals surface area contributed by atoms with Crippen LogP contribution in [0.1, 0.15) is 64.2 Å². The minimum Gasteiger partial charge on any atom is -0.486 e. The van der Waals surface area contributed by atoms with Crippen LogP contribution in [0.5, 0.6) is 11.5 Å². The largest absolute Gasteiger partial charge is 0.486 e. The normalized spacial score (nSPS) is 19.6. The number of thioether (sulfide) groups is 1. The lowest BCUT2D eigenvalue weighted by Gasteiger charge is -2.41. The number of fused-ring (bicyclic) bond motifs is 1. The van der Waals surface area contributed by atoms with Gasteiger partial charge in [0.2, 0.25) is 11.1 Å². The molecule has 9 heteroatoms. The fourth-order valence-corrected chi connectivity index (χ4v) is 5.98. The van der Waals surface area contributed by atoms with Crippen LogP contribution in [-0.2, 0) is 4.79 Å². The highest BCUT2D eigenvalue weighted by Gasteiger charge is 2.32. The van der Waals surface area contributed by atoms with Crippen LogP contribution in [-0.4, -0.2) is 62.1 Å². The molecule has 32 heavy (non-hydrogen) atoms. The zero-order valence-electron chi connectivity index (χ0n) is 18.4. The first-order chi connectivity index (χ1) is 15.8. The smallest absolute Gasteiger partial charge is 0.233 e.